The van der Waals surface area contributed by atoms with Crippen molar-refractivity contribution >= 4 is 33.5 Å². The van der Waals surface area contributed by atoms with Crippen LogP contribution in [0.1, 0.15) is 22.3 Å². The van der Waals surface area contributed by atoms with Gasteiger partial charge in [-0.1, -0.05) is 109 Å². The molecular formula is C31H19ClO. The Bertz CT molecular complexity index is 1630. The van der Waals surface area contributed by atoms with Crippen LogP contribution in [0.25, 0.3) is 33.1 Å². The highest BCUT2D eigenvalue weighted by atomic mass is 35.5. The summed E-state index contributed by atoms with van der Waals surface area (Å²) in [6, 6.07) is 40.8. The van der Waals surface area contributed by atoms with Gasteiger partial charge in [0.25, 0.3) is 0 Å². The molecule has 2 heteroatoms. The topological polar surface area (TPSA) is 13.1 Å². The number of hydrogen-bond acceptors (Lipinski definition) is 1. The summed E-state index contributed by atoms with van der Waals surface area (Å²) in [6.07, 6.45) is 0. The molecule has 0 unspecified atom stereocenters. The van der Waals surface area contributed by atoms with E-state index in [0.29, 0.717) is 5.02 Å². The maximum atomic E-state index is 6.92. The SMILES string of the molecule is Clc1cc(C2(c3ccccc3)c3ccccc3-c3ccccc32)cc2c1oc1ccccc12. The van der Waals surface area contributed by atoms with Gasteiger partial charge in [0.1, 0.15) is 5.58 Å². The largest absolute Gasteiger partial charge is 0.454 e. The highest BCUT2D eigenvalue weighted by Crippen LogP contribution is 2.56. The van der Waals surface area contributed by atoms with E-state index in [2.05, 4.69) is 97.1 Å². The van der Waals surface area contributed by atoms with Crippen LogP contribution in [0.4, 0.5) is 0 Å². The number of hydrogen-bond donors (Lipinski definition) is 0. The van der Waals surface area contributed by atoms with Crippen molar-refractivity contribution in [2.75, 3.05) is 0 Å². The minimum Gasteiger partial charge on any atom is -0.454 e. The first kappa shape index (κ1) is 18.7. The summed E-state index contributed by atoms with van der Waals surface area (Å²) < 4.78 is 6.15. The Labute approximate surface area is 196 Å². The number of furan rings is 1. The highest BCUT2D eigenvalue weighted by molar-refractivity contribution is 6.36. The lowest BCUT2D eigenvalue weighted by molar-refractivity contribution is 0.668. The van der Waals surface area contributed by atoms with Gasteiger partial charge in [0.2, 0.25) is 0 Å². The summed E-state index contributed by atoms with van der Waals surface area (Å²) in [5.74, 6) is 0. The fraction of sp³-hybridized carbons (Fsp3) is 0.0323. The summed E-state index contributed by atoms with van der Waals surface area (Å²) in [5.41, 5.74) is 8.60. The Balaban J connectivity index is 1.68. The molecule has 6 aromatic rings. The number of benzene rings is 5. The average molecular weight is 443 g/mol. The quantitative estimate of drug-likeness (QED) is 0.261. The van der Waals surface area contributed by atoms with E-state index in [4.69, 9.17) is 16.0 Å². The van der Waals surface area contributed by atoms with Crippen molar-refractivity contribution in [3.8, 4) is 11.1 Å². The standard InChI is InChI=1S/C31H19ClO/c32-28-19-21(18-25-24-14-6-9-17-29(24)33-30(25)28)31(20-10-2-1-3-11-20)26-15-7-4-12-22(26)23-13-5-8-16-27(23)31/h1-19H. The van der Waals surface area contributed by atoms with Crippen molar-refractivity contribution in [3.05, 3.63) is 143 Å². The lowest BCUT2D eigenvalue weighted by Gasteiger charge is -2.34. The van der Waals surface area contributed by atoms with Crippen molar-refractivity contribution in [3.63, 3.8) is 0 Å². The molecule has 0 bridgehead atoms. The van der Waals surface area contributed by atoms with Crippen LogP contribution in [0.3, 0.4) is 0 Å². The molecule has 0 saturated heterocycles. The lowest BCUT2D eigenvalue weighted by Crippen LogP contribution is -2.28. The number of halogens is 1. The van der Waals surface area contributed by atoms with E-state index in [0.717, 1.165) is 27.5 Å². The third-order valence-corrected chi connectivity index (χ3v) is 7.31. The monoisotopic (exact) mass is 442 g/mol. The first-order valence-electron chi connectivity index (χ1n) is 11.1. The van der Waals surface area contributed by atoms with Crippen molar-refractivity contribution in [1.29, 1.82) is 0 Å². The Kier molecular flexibility index (Phi) is 3.88. The summed E-state index contributed by atoms with van der Waals surface area (Å²) in [6.45, 7) is 0. The van der Waals surface area contributed by atoms with E-state index >= 15 is 0 Å². The van der Waals surface area contributed by atoms with Crippen molar-refractivity contribution in [2.24, 2.45) is 0 Å². The van der Waals surface area contributed by atoms with Crippen molar-refractivity contribution < 1.29 is 4.42 Å². The molecule has 0 N–H and O–H groups in total. The van der Waals surface area contributed by atoms with Crippen LogP contribution in [0.5, 0.6) is 0 Å². The van der Waals surface area contributed by atoms with Gasteiger partial charge in [-0.15, -0.1) is 0 Å². The molecule has 1 aromatic heterocycles. The molecule has 1 aliphatic carbocycles. The molecule has 7 rings (SSSR count). The number of fused-ring (bicyclic) bond motifs is 6. The molecule has 0 amide bonds. The summed E-state index contributed by atoms with van der Waals surface area (Å²) in [7, 11) is 0. The second-order valence-corrected chi connectivity index (χ2v) is 9.05. The molecule has 1 aliphatic rings. The average Bonchev–Trinajstić information content (AvgIpc) is 3.39. The van der Waals surface area contributed by atoms with Crippen LogP contribution in [0, 0.1) is 0 Å². The predicted molar refractivity (Wildman–Crippen MR) is 136 cm³/mol. The van der Waals surface area contributed by atoms with Gasteiger partial charge in [0.05, 0.1) is 10.4 Å². The van der Waals surface area contributed by atoms with Gasteiger partial charge in [-0.25, -0.2) is 0 Å². The normalized spacial score (nSPS) is 13.8. The first-order chi connectivity index (χ1) is 16.3. The van der Waals surface area contributed by atoms with Gasteiger partial charge in [-0.3, -0.25) is 0 Å². The van der Waals surface area contributed by atoms with Gasteiger partial charge in [0.15, 0.2) is 5.58 Å². The zero-order valence-electron chi connectivity index (χ0n) is 17.8. The highest BCUT2D eigenvalue weighted by Gasteiger charge is 2.46. The Hall–Kier alpha value is -3.81. The van der Waals surface area contributed by atoms with E-state index in [9.17, 15) is 0 Å². The molecular weight excluding hydrogens is 424 g/mol. The fourth-order valence-electron chi connectivity index (χ4n) is 5.71. The maximum Gasteiger partial charge on any atom is 0.154 e. The lowest BCUT2D eigenvalue weighted by atomic mass is 9.67. The number of para-hydroxylation sites is 1. The Morgan fingerprint density at radius 1 is 0.545 bits per heavy atom. The summed E-state index contributed by atoms with van der Waals surface area (Å²) in [5, 5.41) is 2.76. The van der Waals surface area contributed by atoms with Crippen molar-refractivity contribution in [2.45, 2.75) is 5.41 Å². The molecule has 0 fully saturated rings. The molecule has 1 heterocycles. The van der Waals surface area contributed by atoms with E-state index in [1.165, 1.54) is 27.8 Å². The van der Waals surface area contributed by atoms with E-state index in [1.807, 2.05) is 18.2 Å². The molecule has 0 radical (unpaired) electrons. The van der Waals surface area contributed by atoms with Gasteiger partial charge in [0, 0.05) is 10.8 Å². The molecule has 5 aromatic carbocycles. The second-order valence-electron chi connectivity index (χ2n) is 8.64. The van der Waals surface area contributed by atoms with E-state index in [-0.39, 0.29) is 0 Å². The van der Waals surface area contributed by atoms with Crippen LogP contribution >= 0.6 is 11.6 Å². The summed E-state index contributed by atoms with van der Waals surface area (Å²) in [4.78, 5) is 0. The third kappa shape index (κ3) is 2.43. The van der Waals surface area contributed by atoms with E-state index in [1.54, 1.807) is 0 Å². The Morgan fingerprint density at radius 3 is 1.88 bits per heavy atom. The van der Waals surface area contributed by atoms with Gasteiger partial charge < -0.3 is 4.42 Å². The predicted octanol–water partition coefficient (Wildman–Crippen LogP) is 8.60. The van der Waals surface area contributed by atoms with Gasteiger partial charge in [-0.2, -0.15) is 0 Å². The van der Waals surface area contributed by atoms with Crippen LogP contribution in [-0.2, 0) is 5.41 Å². The molecule has 0 spiro atoms. The van der Waals surface area contributed by atoms with Crippen LogP contribution in [0.2, 0.25) is 5.02 Å². The van der Waals surface area contributed by atoms with Crippen LogP contribution in [0.15, 0.2) is 120 Å². The van der Waals surface area contributed by atoms with Gasteiger partial charge in [-0.05, 0) is 51.6 Å². The zero-order valence-corrected chi connectivity index (χ0v) is 18.5. The third-order valence-electron chi connectivity index (χ3n) is 7.02. The molecule has 0 aliphatic heterocycles. The molecule has 1 nitrogen and oxygen atoms in total. The molecule has 156 valence electrons. The molecule has 33 heavy (non-hydrogen) atoms. The van der Waals surface area contributed by atoms with Crippen LogP contribution in [-0.4, -0.2) is 0 Å². The van der Waals surface area contributed by atoms with Gasteiger partial charge >= 0.3 is 0 Å². The van der Waals surface area contributed by atoms with E-state index < -0.39 is 5.41 Å². The Morgan fingerprint density at radius 2 is 1.15 bits per heavy atom. The smallest absolute Gasteiger partial charge is 0.154 e. The van der Waals surface area contributed by atoms with Crippen molar-refractivity contribution in [1.82, 2.24) is 0 Å². The molecule has 0 saturated carbocycles. The minimum atomic E-state index is -0.468. The molecule has 0 atom stereocenters. The summed E-state index contributed by atoms with van der Waals surface area (Å²) >= 11 is 6.92. The maximum absolute atomic E-state index is 6.92. The number of rotatable bonds is 2. The minimum absolute atomic E-state index is 0.468. The van der Waals surface area contributed by atoms with Crippen LogP contribution < -0.4 is 0 Å². The first-order valence-corrected chi connectivity index (χ1v) is 11.5. The zero-order chi connectivity index (χ0) is 22.0. The second kappa shape index (κ2) is 6.84. The fourth-order valence-corrected chi connectivity index (χ4v) is 5.97.